The standard InChI is InChI=1S/C13H17FN4O/c1-3-6-15-8-12-17-18-13(19-12)16-11-7-9(2)4-5-10(11)14/h4-5,7,15H,3,6,8H2,1-2H3,(H,16,18). The number of aryl methyl sites for hydroxylation is 1. The number of benzene rings is 1. The lowest BCUT2D eigenvalue weighted by molar-refractivity contribution is 0.479. The van der Waals surface area contributed by atoms with Crippen molar-refractivity contribution in [2.75, 3.05) is 11.9 Å². The average Bonchev–Trinajstić information content (AvgIpc) is 2.82. The Morgan fingerprint density at radius 3 is 2.95 bits per heavy atom. The fourth-order valence-electron chi connectivity index (χ4n) is 1.60. The topological polar surface area (TPSA) is 63.0 Å². The second-order valence-corrected chi connectivity index (χ2v) is 4.29. The first-order chi connectivity index (χ1) is 9.19. The van der Waals surface area contributed by atoms with Crippen molar-refractivity contribution in [2.45, 2.75) is 26.8 Å². The Kier molecular flexibility index (Phi) is 4.46. The normalized spacial score (nSPS) is 10.7. The first-order valence-electron chi connectivity index (χ1n) is 6.25. The summed E-state index contributed by atoms with van der Waals surface area (Å²) in [5.74, 6) is 0.124. The van der Waals surface area contributed by atoms with Gasteiger partial charge in [-0.2, -0.15) is 0 Å². The molecule has 0 radical (unpaired) electrons. The summed E-state index contributed by atoms with van der Waals surface area (Å²) in [6.07, 6.45) is 1.04. The van der Waals surface area contributed by atoms with E-state index in [2.05, 4.69) is 27.8 Å². The molecule has 0 aliphatic carbocycles. The lowest BCUT2D eigenvalue weighted by Gasteiger charge is -2.03. The molecule has 0 aliphatic rings. The highest BCUT2D eigenvalue weighted by Gasteiger charge is 2.08. The van der Waals surface area contributed by atoms with Crippen molar-refractivity contribution >= 4 is 11.7 Å². The van der Waals surface area contributed by atoms with Crippen molar-refractivity contribution in [1.82, 2.24) is 15.5 Å². The number of hydrogen-bond acceptors (Lipinski definition) is 5. The van der Waals surface area contributed by atoms with Crippen molar-refractivity contribution in [3.8, 4) is 0 Å². The van der Waals surface area contributed by atoms with Crippen LogP contribution in [0.5, 0.6) is 0 Å². The van der Waals surface area contributed by atoms with Gasteiger partial charge in [-0.15, -0.1) is 5.10 Å². The zero-order valence-corrected chi connectivity index (χ0v) is 11.0. The Bertz CT molecular complexity index is 541. The Morgan fingerprint density at radius 2 is 2.16 bits per heavy atom. The molecule has 102 valence electrons. The van der Waals surface area contributed by atoms with Gasteiger partial charge in [0.05, 0.1) is 12.2 Å². The minimum Gasteiger partial charge on any atom is -0.406 e. The number of nitrogens with one attached hydrogen (secondary N) is 2. The van der Waals surface area contributed by atoms with Gasteiger partial charge in [0.15, 0.2) is 0 Å². The Morgan fingerprint density at radius 1 is 1.32 bits per heavy atom. The largest absolute Gasteiger partial charge is 0.406 e. The van der Waals surface area contributed by atoms with Crippen LogP contribution >= 0.6 is 0 Å². The van der Waals surface area contributed by atoms with Gasteiger partial charge in [0.1, 0.15) is 5.82 Å². The second-order valence-electron chi connectivity index (χ2n) is 4.29. The molecule has 1 aromatic heterocycles. The molecule has 0 saturated heterocycles. The highest BCUT2D eigenvalue weighted by Crippen LogP contribution is 2.20. The number of anilines is 2. The molecule has 0 bridgehead atoms. The number of rotatable bonds is 6. The molecule has 0 unspecified atom stereocenters. The predicted octanol–water partition coefficient (Wildman–Crippen LogP) is 2.76. The first kappa shape index (κ1) is 13.5. The van der Waals surface area contributed by atoms with E-state index < -0.39 is 0 Å². The van der Waals surface area contributed by atoms with Crippen LogP contribution in [0.1, 0.15) is 24.8 Å². The summed E-state index contributed by atoms with van der Waals surface area (Å²) in [5.41, 5.74) is 1.28. The first-order valence-corrected chi connectivity index (χ1v) is 6.25. The van der Waals surface area contributed by atoms with Crippen LogP contribution in [-0.2, 0) is 6.54 Å². The summed E-state index contributed by atoms with van der Waals surface area (Å²) >= 11 is 0. The fraction of sp³-hybridized carbons (Fsp3) is 0.385. The average molecular weight is 264 g/mol. The van der Waals surface area contributed by atoms with Gasteiger partial charge < -0.3 is 15.1 Å². The maximum Gasteiger partial charge on any atom is 0.320 e. The molecule has 0 atom stereocenters. The second kappa shape index (κ2) is 6.29. The van der Waals surface area contributed by atoms with Gasteiger partial charge in [-0.1, -0.05) is 18.1 Å². The van der Waals surface area contributed by atoms with E-state index in [1.54, 1.807) is 12.1 Å². The van der Waals surface area contributed by atoms with Crippen LogP contribution in [0.15, 0.2) is 22.6 Å². The van der Waals surface area contributed by atoms with E-state index in [4.69, 9.17) is 4.42 Å². The van der Waals surface area contributed by atoms with E-state index in [1.807, 2.05) is 6.92 Å². The lowest BCUT2D eigenvalue weighted by atomic mass is 10.2. The number of hydrogen-bond donors (Lipinski definition) is 2. The SMILES string of the molecule is CCCNCc1nnc(Nc2cc(C)ccc2F)o1. The molecule has 0 spiro atoms. The van der Waals surface area contributed by atoms with Crippen LogP contribution in [-0.4, -0.2) is 16.7 Å². The van der Waals surface area contributed by atoms with Crippen LogP contribution in [0.4, 0.5) is 16.1 Å². The fourth-order valence-corrected chi connectivity index (χ4v) is 1.60. The van der Waals surface area contributed by atoms with Crippen molar-refractivity contribution < 1.29 is 8.81 Å². The van der Waals surface area contributed by atoms with Gasteiger partial charge in [-0.25, -0.2) is 4.39 Å². The molecule has 5 nitrogen and oxygen atoms in total. The molecule has 1 heterocycles. The third kappa shape index (κ3) is 3.75. The van der Waals surface area contributed by atoms with Crippen molar-refractivity contribution in [3.05, 3.63) is 35.5 Å². The van der Waals surface area contributed by atoms with Crippen LogP contribution < -0.4 is 10.6 Å². The maximum absolute atomic E-state index is 13.5. The molecule has 0 aliphatic heterocycles. The molecule has 19 heavy (non-hydrogen) atoms. The van der Waals surface area contributed by atoms with Gasteiger partial charge in [0.25, 0.3) is 0 Å². The molecule has 1 aromatic carbocycles. The monoisotopic (exact) mass is 264 g/mol. The Balaban J connectivity index is 2.01. The van der Waals surface area contributed by atoms with Crippen molar-refractivity contribution in [2.24, 2.45) is 0 Å². The van der Waals surface area contributed by atoms with Crippen LogP contribution in [0.25, 0.3) is 0 Å². The molecule has 0 fully saturated rings. The van der Waals surface area contributed by atoms with E-state index in [-0.39, 0.29) is 11.8 Å². The van der Waals surface area contributed by atoms with E-state index in [1.165, 1.54) is 6.07 Å². The molecule has 2 N–H and O–H groups in total. The van der Waals surface area contributed by atoms with E-state index in [9.17, 15) is 4.39 Å². The summed E-state index contributed by atoms with van der Waals surface area (Å²) in [4.78, 5) is 0. The van der Waals surface area contributed by atoms with Crippen LogP contribution in [0, 0.1) is 12.7 Å². The molecule has 0 saturated carbocycles. The number of halogens is 1. The summed E-state index contributed by atoms with van der Waals surface area (Å²) in [6.45, 7) is 5.36. The Labute approximate surface area is 111 Å². The third-order valence-corrected chi connectivity index (χ3v) is 2.53. The van der Waals surface area contributed by atoms with E-state index in [0.717, 1.165) is 18.5 Å². The number of nitrogens with zero attached hydrogens (tertiary/aromatic N) is 2. The minimum atomic E-state index is -0.352. The third-order valence-electron chi connectivity index (χ3n) is 2.53. The number of aromatic nitrogens is 2. The van der Waals surface area contributed by atoms with Gasteiger partial charge in [0.2, 0.25) is 5.89 Å². The summed E-state index contributed by atoms with van der Waals surface area (Å²) in [7, 11) is 0. The summed E-state index contributed by atoms with van der Waals surface area (Å²) < 4.78 is 18.9. The summed E-state index contributed by atoms with van der Waals surface area (Å²) in [6, 6.07) is 4.98. The zero-order valence-electron chi connectivity index (χ0n) is 11.0. The molecular weight excluding hydrogens is 247 g/mol. The van der Waals surface area contributed by atoms with Crippen LogP contribution in [0.2, 0.25) is 0 Å². The molecular formula is C13H17FN4O. The van der Waals surface area contributed by atoms with Crippen molar-refractivity contribution in [3.63, 3.8) is 0 Å². The van der Waals surface area contributed by atoms with Crippen molar-refractivity contribution in [1.29, 1.82) is 0 Å². The quantitative estimate of drug-likeness (QED) is 0.785. The molecule has 6 heteroatoms. The smallest absolute Gasteiger partial charge is 0.320 e. The van der Waals surface area contributed by atoms with Gasteiger partial charge in [-0.05, 0) is 37.6 Å². The Hall–Kier alpha value is -1.95. The maximum atomic E-state index is 13.5. The highest BCUT2D eigenvalue weighted by molar-refractivity contribution is 5.54. The predicted molar refractivity (Wildman–Crippen MR) is 70.7 cm³/mol. The lowest BCUT2D eigenvalue weighted by Crippen LogP contribution is -2.13. The van der Waals surface area contributed by atoms with E-state index >= 15 is 0 Å². The van der Waals surface area contributed by atoms with E-state index in [0.29, 0.717) is 18.1 Å². The van der Waals surface area contributed by atoms with Gasteiger partial charge >= 0.3 is 6.01 Å². The summed E-state index contributed by atoms with van der Waals surface area (Å²) in [5, 5.41) is 13.6. The molecule has 0 amide bonds. The zero-order chi connectivity index (χ0) is 13.7. The van der Waals surface area contributed by atoms with Gasteiger partial charge in [-0.3, -0.25) is 0 Å². The van der Waals surface area contributed by atoms with Gasteiger partial charge in [0, 0.05) is 0 Å². The highest BCUT2D eigenvalue weighted by atomic mass is 19.1. The molecule has 2 rings (SSSR count). The minimum absolute atomic E-state index is 0.192. The van der Waals surface area contributed by atoms with Crippen LogP contribution in [0.3, 0.4) is 0 Å². The molecule has 2 aromatic rings.